The average molecular weight is 308 g/mol. The molecule has 0 radical (unpaired) electrons. The van der Waals surface area contributed by atoms with Crippen molar-refractivity contribution in [3.63, 3.8) is 0 Å². The molecule has 0 spiro atoms. The van der Waals surface area contributed by atoms with Gasteiger partial charge < -0.3 is 15.1 Å². The van der Waals surface area contributed by atoms with Crippen molar-refractivity contribution >= 4 is 17.3 Å². The van der Waals surface area contributed by atoms with Crippen LogP contribution in [0.4, 0.5) is 5.69 Å². The summed E-state index contributed by atoms with van der Waals surface area (Å²) < 4.78 is 0. The lowest BCUT2D eigenvalue weighted by Gasteiger charge is -2.42. The molecule has 1 aromatic heterocycles. The van der Waals surface area contributed by atoms with Gasteiger partial charge in [-0.25, -0.2) is 0 Å². The van der Waals surface area contributed by atoms with E-state index in [-0.39, 0.29) is 12.1 Å². The van der Waals surface area contributed by atoms with Crippen LogP contribution in [-0.4, -0.2) is 30.3 Å². The third-order valence-corrected chi connectivity index (χ3v) is 4.25. The molecule has 1 aromatic carbocycles. The van der Waals surface area contributed by atoms with Gasteiger partial charge in [0.1, 0.15) is 13.3 Å². The normalized spacial score (nSPS) is 20.9. The van der Waals surface area contributed by atoms with Crippen LogP contribution >= 0.6 is 0 Å². The van der Waals surface area contributed by atoms with Gasteiger partial charge in [-0.1, -0.05) is 23.4 Å². The first-order valence-corrected chi connectivity index (χ1v) is 7.50. The van der Waals surface area contributed by atoms with Crippen LogP contribution in [0, 0.1) is 0 Å². The van der Waals surface area contributed by atoms with E-state index < -0.39 is 0 Å². The number of aromatic nitrogens is 1. The predicted molar refractivity (Wildman–Crippen MR) is 86.4 cm³/mol. The number of nitrogens with zero attached hydrogens (tertiary/aromatic N) is 3. The topological polar surface area (TPSA) is 66.8 Å². The minimum absolute atomic E-state index is 0.0781. The first kappa shape index (κ1) is 13.8. The van der Waals surface area contributed by atoms with Gasteiger partial charge in [0.05, 0.1) is 17.0 Å². The molecule has 1 atom stereocenters. The van der Waals surface area contributed by atoms with Gasteiger partial charge in [0.2, 0.25) is 0 Å². The maximum absolute atomic E-state index is 12.5. The molecule has 2 aliphatic heterocycles. The smallest absolute Gasteiger partial charge is 0.255 e. The number of pyridine rings is 1. The van der Waals surface area contributed by atoms with Crippen molar-refractivity contribution in [3.8, 4) is 0 Å². The van der Waals surface area contributed by atoms with Crippen LogP contribution in [0.3, 0.4) is 0 Å². The lowest BCUT2D eigenvalue weighted by molar-refractivity contribution is 0.0926. The molecule has 3 heterocycles. The number of amides is 1. The van der Waals surface area contributed by atoms with E-state index in [1.807, 2.05) is 30.3 Å². The first-order chi connectivity index (χ1) is 11.3. The standard InChI is InChI=1S/C17H16N4O2/c1-23-20-14-7-9-21-15-12(14)5-2-6-13(15)17(22)19-16(21)11-4-3-8-18-10-11/h2-6,8,10,16H,7,9H2,1H3,(H,19,22)/b20-14+. The van der Waals surface area contributed by atoms with E-state index in [0.717, 1.165) is 35.5 Å². The fraction of sp³-hybridized carbons (Fsp3) is 0.235. The molecule has 0 saturated carbocycles. The van der Waals surface area contributed by atoms with Gasteiger partial charge in [0.25, 0.3) is 5.91 Å². The van der Waals surface area contributed by atoms with E-state index in [4.69, 9.17) is 4.84 Å². The fourth-order valence-corrected chi connectivity index (χ4v) is 3.29. The van der Waals surface area contributed by atoms with Crippen molar-refractivity contribution < 1.29 is 9.63 Å². The maximum atomic E-state index is 12.5. The summed E-state index contributed by atoms with van der Waals surface area (Å²) in [6.45, 7) is 0.756. The van der Waals surface area contributed by atoms with Crippen molar-refractivity contribution in [2.24, 2.45) is 5.16 Å². The molecule has 0 saturated heterocycles. The van der Waals surface area contributed by atoms with E-state index in [9.17, 15) is 4.79 Å². The predicted octanol–water partition coefficient (Wildman–Crippen LogP) is 2.08. The molecule has 0 bridgehead atoms. The highest BCUT2D eigenvalue weighted by molar-refractivity contribution is 6.13. The van der Waals surface area contributed by atoms with Crippen molar-refractivity contribution in [3.05, 3.63) is 59.4 Å². The van der Waals surface area contributed by atoms with Crippen LogP contribution in [0.1, 0.15) is 34.1 Å². The maximum Gasteiger partial charge on any atom is 0.255 e. The summed E-state index contributed by atoms with van der Waals surface area (Å²) in [4.78, 5) is 23.9. The number of hydrogen-bond donors (Lipinski definition) is 1. The van der Waals surface area contributed by atoms with E-state index in [1.165, 1.54) is 0 Å². The Morgan fingerprint density at radius 1 is 1.30 bits per heavy atom. The zero-order valence-electron chi connectivity index (χ0n) is 12.7. The second-order valence-electron chi connectivity index (χ2n) is 5.53. The van der Waals surface area contributed by atoms with E-state index in [2.05, 4.69) is 20.4 Å². The van der Waals surface area contributed by atoms with E-state index in [1.54, 1.807) is 19.5 Å². The quantitative estimate of drug-likeness (QED) is 0.863. The van der Waals surface area contributed by atoms with Crippen molar-refractivity contribution in [2.45, 2.75) is 12.6 Å². The number of nitrogens with one attached hydrogen (secondary N) is 1. The highest BCUT2D eigenvalue weighted by Gasteiger charge is 2.37. The molecule has 116 valence electrons. The number of hydrogen-bond acceptors (Lipinski definition) is 5. The third-order valence-electron chi connectivity index (χ3n) is 4.25. The Morgan fingerprint density at radius 2 is 2.17 bits per heavy atom. The summed E-state index contributed by atoms with van der Waals surface area (Å²) in [6.07, 6.45) is 4.07. The number of rotatable bonds is 2. The molecule has 0 fully saturated rings. The van der Waals surface area contributed by atoms with Gasteiger partial charge in [0.15, 0.2) is 0 Å². The van der Waals surface area contributed by atoms with E-state index >= 15 is 0 Å². The number of benzene rings is 1. The van der Waals surface area contributed by atoms with Crippen molar-refractivity contribution in [1.29, 1.82) is 0 Å². The molecular weight excluding hydrogens is 292 g/mol. The van der Waals surface area contributed by atoms with Crippen LogP contribution in [0.25, 0.3) is 0 Å². The Kier molecular flexibility index (Phi) is 3.22. The fourth-order valence-electron chi connectivity index (χ4n) is 3.29. The second-order valence-corrected chi connectivity index (χ2v) is 5.53. The minimum Gasteiger partial charge on any atom is -0.399 e. The lowest BCUT2D eigenvalue weighted by Crippen LogP contribution is -2.49. The van der Waals surface area contributed by atoms with Gasteiger partial charge in [0, 0.05) is 36.5 Å². The Morgan fingerprint density at radius 3 is 2.96 bits per heavy atom. The largest absolute Gasteiger partial charge is 0.399 e. The number of anilines is 1. The van der Waals surface area contributed by atoms with Crippen LogP contribution < -0.4 is 10.2 Å². The van der Waals surface area contributed by atoms with Crippen LogP contribution in [-0.2, 0) is 4.84 Å². The Labute approximate surface area is 133 Å². The lowest BCUT2D eigenvalue weighted by atomic mass is 9.92. The van der Waals surface area contributed by atoms with Gasteiger partial charge in [-0.2, -0.15) is 0 Å². The summed E-state index contributed by atoms with van der Waals surface area (Å²) in [5.74, 6) is -0.0781. The first-order valence-electron chi connectivity index (χ1n) is 7.50. The van der Waals surface area contributed by atoms with Gasteiger partial charge in [-0.15, -0.1) is 0 Å². The Bertz CT molecular complexity index is 788. The summed E-state index contributed by atoms with van der Waals surface area (Å²) in [5.41, 5.74) is 4.39. The summed E-state index contributed by atoms with van der Waals surface area (Å²) in [6, 6.07) is 9.57. The molecule has 0 aliphatic carbocycles. The van der Waals surface area contributed by atoms with E-state index in [0.29, 0.717) is 5.56 Å². The second kappa shape index (κ2) is 5.39. The van der Waals surface area contributed by atoms with Crippen LogP contribution in [0.15, 0.2) is 47.9 Å². The van der Waals surface area contributed by atoms with Gasteiger partial charge in [-0.05, 0) is 12.1 Å². The molecule has 4 rings (SSSR count). The Balaban J connectivity index is 1.87. The van der Waals surface area contributed by atoms with Gasteiger partial charge in [-0.3, -0.25) is 9.78 Å². The monoisotopic (exact) mass is 308 g/mol. The van der Waals surface area contributed by atoms with Crippen molar-refractivity contribution in [1.82, 2.24) is 10.3 Å². The molecule has 1 amide bonds. The highest BCUT2D eigenvalue weighted by Crippen LogP contribution is 2.39. The molecule has 6 nitrogen and oxygen atoms in total. The number of carbonyl (C=O) groups excluding carboxylic acids is 1. The summed E-state index contributed by atoms with van der Waals surface area (Å²) in [5, 5.41) is 7.20. The molecule has 6 heteroatoms. The highest BCUT2D eigenvalue weighted by atomic mass is 16.6. The molecule has 1 unspecified atom stereocenters. The van der Waals surface area contributed by atoms with Crippen LogP contribution in [0.5, 0.6) is 0 Å². The van der Waals surface area contributed by atoms with Crippen molar-refractivity contribution in [2.75, 3.05) is 18.6 Å². The molecule has 2 aromatic rings. The molecule has 2 aliphatic rings. The van der Waals surface area contributed by atoms with Crippen LogP contribution in [0.2, 0.25) is 0 Å². The number of carbonyl (C=O) groups is 1. The summed E-state index contributed by atoms with van der Waals surface area (Å²) in [7, 11) is 1.54. The number of oxime groups is 1. The number of para-hydroxylation sites is 1. The Hall–Kier alpha value is -2.89. The molecule has 23 heavy (non-hydrogen) atoms. The molecular formula is C17H16N4O2. The average Bonchev–Trinajstić information content (AvgIpc) is 2.60. The van der Waals surface area contributed by atoms with Gasteiger partial charge >= 0.3 is 0 Å². The minimum atomic E-state index is -0.214. The zero-order valence-corrected chi connectivity index (χ0v) is 12.7. The third kappa shape index (κ3) is 2.14. The summed E-state index contributed by atoms with van der Waals surface area (Å²) >= 11 is 0. The molecule has 1 N–H and O–H groups in total. The SMILES string of the molecule is CO/N=C1\CCN2c3c(cccc31)C(=O)NC2c1cccnc1. The zero-order chi connectivity index (χ0) is 15.8.